The van der Waals surface area contributed by atoms with E-state index in [0.29, 0.717) is 21.7 Å². The van der Waals surface area contributed by atoms with Crippen LogP contribution < -0.4 is 5.32 Å². The Morgan fingerprint density at radius 3 is 2.31 bits per heavy atom. The van der Waals surface area contributed by atoms with Crippen LogP contribution in [0.25, 0.3) is 0 Å². The van der Waals surface area contributed by atoms with Gasteiger partial charge in [0.2, 0.25) is 5.91 Å². The van der Waals surface area contributed by atoms with Crippen molar-refractivity contribution >= 4 is 40.0 Å². The molecule has 1 aromatic heterocycles. The summed E-state index contributed by atoms with van der Waals surface area (Å²) in [6.07, 6.45) is 3.64. The van der Waals surface area contributed by atoms with Crippen molar-refractivity contribution < 1.29 is 23.9 Å². The van der Waals surface area contributed by atoms with Crippen molar-refractivity contribution in [2.45, 2.75) is 52.5 Å². The Kier molecular flexibility index (Phi) is 6.15. The monoisotopic (exact) mass is 454 g/mol. The molecule has 0 fully saturated rings. The number of nitrogens with one attached hydrogen (secondary N) is 1. The second-order valence-electron chi connectivity index (χ2n) is 8.34. The molecule has 2 aliphatic rings. The zero-order chi connectivity index (χ0) is 23.0. The van der Waals surface area contributed by atoms with Crippen LogP contribution in [-0.4, -0.2) is 41.2 Å². The van der Waals surface area contributed by atoms with E-state index in [1.807, 2.05) is 0 Å². The van der Waals surface area contributed by atoms with Gasteiger partial charge in [-0.1, -0.05) is 26.0 Å². The van der Waals surface area contributed by atoms with Crippen molar-refractivity contribution in [2.24, 2.45) is 5.92 Å². The van der Waals surface area contributed by atoms with Crippen LogP contribution in [0.3, 0.4) is 0 Å². The SMILES string of the molecule is CCOC(=O)c1c(NC(=O)[C@H](C(C)C)N2C(=O)c3ccccc3C2=O)sc2c1CCCC2. The molecule has 0 bridgehead atoms. The molecule has 0 radical (unpaired) electrons. The number of hydrogen-bond donors (Lipinski definition) is 1. The number of hydrogen-bond acceptors (Lipinski definition) is 6. The maximum atomic E-state index is 13.4. The Bertz CT molecular complexity index is 1070. The quantitative estimate of drug-likeness (QED) is 0.525. The average molecular weight is 455 g/mol. The van der Waals surface area contributed by atoms with Gasteiger partial charge in [-0.2, -0.15) is 0 Å². The fourth-order valence-corrected chi connectivity index (χ4v) is 5.72. The summed E-state index contributed by atoms with van der Waals surface area (Å²) in [7, 11) is 0. The summed E-state index contributed by atoms with van der Waals surface area (Å²) in [5.41, 5.74) is 1.95. The highest BCUT2D eigenvalue weighted by Gasteiger charge is 2.44. The molecule has 32 heavy (non-hydrogen) atoms. The highest BCUT2D eigenvalue weighted by molar-refractivity contribution is 7.17. The smallest absolute Gasteiger partial charge is 0.341 e. The van der Waals surface area contributed by atoms with Gasteiger partial charge in [0.05, 0.1) is 23.3 Å². The molecule has 8 heteroatoms. The summed E-state index contributed by atoms with van der Waals surface area (Å²) in [4.78, 5) is 54.2. The Hall–Kier alpha value is -3.00. The molecule has 4 rings (SSSR count). The van der Waals surface area contributed by atoms with Crippen LogP contribution in [0.4, 0.5) is 5.00 Å². The van der Waals surface area contributed by atoms with Gasteiger partial charge in [-0.3, -0.25) is 19.3 Å². The third-order valence-corrected chi connectivity index (χ3v) is 7.10. The molecular formula is C24H26N2O5S. The lowest BCUT2D eigenvalue weighted by molar-refractivity contribution is -0.121. The fraction of sp³-hybridized carbons (Fsp3) is 0.417. The number of aryl methyl sites for hydroxylation is 1. The minimum absolute atomic E-state index is 0.237. The van der Waals surface area contributed by atoms with Crippen molar-refractivity contribution in [1.29, 1.82) is 0 Å². The van der Waals surface area contributed by atoms with Gasteiger partial charge in [0.15, 0.2) is 0 Å². The van der Waals surface area contributed by atoms with Crippen molar-refractivity contribution in [3.05, 3.63) is 51.4 Å². The van der Waals surface area contributed by atoms with E-state index < -0.39 is 29.7 Å². The summed E-state index contributed by atoms with van der Waals surface area (Å²) in [5.74, 6) is -2.22. The predicted molar refractivity (Wildman–Crippen MR) is 121 cm³/mol. The number of carbonyl (C=O) groups excluding carboxylic acids is 4. The molecule has 0 spiro atoms. The molecule has 1 aliphatic carbocycles. The standard InChI is InChI=1S/C24H26N2O5S/c1-4-31-24(30)18-16-11-7-8-12-17(16)32-21(18)25-20(27)19(13(2)3)26-22(28)14-9-5-6-10-15(14)23(26)29/h5-6,9-10,13,19H,4,7-8,11-12H2,1-3H3,(H,25,27)/t19-/m0/s1. The van der Waals surface area contributed by atoms with Crippen molar-refractivity contribution in [3.8, 4) is 0 Å². The van der Waals surface area contributed by atoms with E-state index in [0.717, 1.165) is 41.0 Å². The molecular weight excluding hydrogens is 428 g/mol. The number of imide groups is 1. The number of ether oxygens (including phenoxy) is 1. The first-order chi connectivity index (χ1) is 15.3. The van der Waals surface area contributed by atoms with E-state index >= 15 is 0 Å². The van der Waals surface area contributed by atoms with Crippen LogP contribution in [0.15, 0.2) is 24.3 Å². The summed E-state index contributed by atoms with van der Waals surface area (Å²) in [6, 6.07) is 5.57. The molecule has 7 nitrogen and oxygen atoms in total. The molecule has 2 aromatic rings. The summed E-state index contributed by atoms with van der Waals surface area (Å²) in [6.45, 7) is 5.56. The number of anilines is 1. The Morgan fingerprint density at radius 1 is 1.09 bits per heavy atom. The lowest BCUT2D eigenvalue weighted by atomic mass is 9.95. The molecule has 0 saturated heterocycles. The van der Waals surface area contributed by atoms with Crippen LogP contribution in [0, 0.1) is 5.92 Å². The first-order valence-electron chi connectivity index (χ1n) is 10.9. The van der Waals surface area contributed by atoms with Gasteiger partial charge in [-0.15, -0.1) is 11.3 Å². The van der Waals surface area contributed by atoms with E-state index in [1.165, 1.54) is 11.3 Å². The van der Waals surface area contributed by atoms with Gasteiger partial charge < -0.3 is 10.1 Å². The first-order valence-corrected chi connectivity index (χ1v) is 11.8. The number of carbonyl (C=O) groups is 4. The highest BCUT2D eigenvalue weighted by Crippen LogP contribution is 2.39. The van der Waals surface area contributed by atoms with Crippen LogP contribution in [0.1, 0.15) is 75.1 Å². The lowest BCUT2D eigenvalue weighted by Crippen LogP contribution is -2.50. The topological polar surface area (TPSA) is 92.8 Å². The molecule has 1 aromatic carbocycles. The zero-order valence-corrected chi connectivity index (χ0v) is 19.2. The summed E-state index contributed by atoms with van der Waals surface area (Å²) < 4.78 is 5.26. The number of fused-ring (bicyclic) bond motifs is 2. The van der Waals surface area contributed by atoms with Crippen molar-refractivity contribution in [2.75, 3.05) is 11.9 Å². The Balaban J connectivity index is 1.67. The minimum Gasteiger partial charge on any atom is -0.462 e. The predicted octanol–water partition coefficient (Wildman–Crippen LogP) is 4.06. The van der Waals surface area contributed by atoms with E-state index in [4.69, 9.17) is 4.74 Å². The number of rotatable bonds is 6. The lowest BCUT2D eigenvalue weighted by Gasteiger charge is -2.28. The van der Waals surface area contributed by atoms with Gasteiger partial charge in [0, 0.05) is 4.88 Å². The third kappa shape index (κ3) is 3.72. The van der Waals surface area contributed by atoms with Crippen LogP contribution in [0.2, 0.25) is 0 Å². The van der Waals surface area contributed by atoms with Gasteiger partial charge in [-0.25, -0.2) is 4.79 Å². The maximum absolute atomic E-state index is 13.4. The molecule has 2 heterocycles. The molecule has 3 amide bonds. The van der Waals surface area contributed by atoms with Gasteiger partial charge >= 0.3 is 5.97 Å². The molecule has 1 N–H and O–H groups in total. The van der Waals surface area contributed by atoms with Gasteiger partial charge in [0.1, 0.15) is 11.0 Å². The highest BCUT2D eigenvalue weighted by atomic mass is 32.1. The van der Waals surface area contributed by atoms with E-state index in [2.05, 4.69) is 5.32 Å². The maximum Gasteiger partial charge on any atom is 0.341 e. The zero-order valence-electron chi connectivity index (χ0n) is 18.4. The normalized spacial score (nSPS) is 16.1. The van der Waals surface area contributed by atoms with E-state index in [1.54, 1.807) is 45.0 Å². The second-order valence-corrected chi connectivity index (χ2v) is 9.44. The number of benzene rings is 1. The first kappa shape index (κ1) is 22.2. The largest absolute Gasteiger partial charge is 0.462 e. The van der Waals surface area contributed by atoms with Crippen molar-refractivity contribution in [3.63, 3.8) is 0 Å². The molecule has 168 valence electrons. The second kappa shape index (κ2) is 8.86. The Morgan fingerprint density at radius 2 is 1.72 bits per heavy atom. The van der Waals surface area contributed by atoms with Crippen LogP contribution >= 0.6 is 11.3 Å². The van der Waals surface area contributed by atoms with Crippen LogP contribution in [-0.2, 0) is 22.4 Å². The molecule has 1 atom stereocenters. The Labute approximate surface area is 190 Å². The summed E-state index contributed by atoms with van der Waals surface area (Å²) in [5, 5.41) is 3.30. The summed E-state index contributed by atoms with van der Waals surface area (Å²) >= 11 is 1.38. The van der Waals surface area contributed by atoms with Gasteiger partial charge in [-0.05, 0) is 56.2 Å². The number of amides is 3. The average Bonchev–Trinajstić information content (AvgIpc) is 3.24. The molecule has 1 aliphatic heterocycles. The fourth-order valence-electron chi connectivity index (χ4n) is 4.44. The van der Waals surface area contributed by atoms with E-state index in [9.17, 15) is 19.2 Å². The van der Waals surface area contributed by atoms with E-state index in [-0.39, 0.29) is 12.5 Å². The van der Waals surface area contributed by atoms with Crippen molar-refractivity contribution in [1.82, 2.24) is 4.90 Å². The number of esters is 1. The number of thiophene rings is 1. The molecule has 0 unspecified atom stereocenters. The molecule has 0 saturated carbocycles. The van der Waals surface area contributed by atoms with Crippen LogP contribution in [0.5, 0.6) is 0 Å². The number of nitrogens with zero attached hydrogens (tertiary/aromatic N) is 1. The van der Waals surface area contributed by atoms with Gasteiger partial charge in [0.25, 0.3) is 11.8 Å². The third-order valence-electron chi connectivity index (χ3n) is 5.89. The minimum atomic E-state index is -1.00.